The summed E-state index contributed by atoms with van der Waals surface area (Å²) in [5, 5.41) is 0. The van der Waals surface area contributed by atoms with Crippen LogP contribution < -0.4 is 5.73 Å². The Labute approximate surface area is 130 Å². The number of amides is 1. The molecule has 22 heavy (non-hydrogen) atoms. The van der Waals surface area contributed by atoms with Crippen LogP contribution in [-0.4, -0.2) is 34.9 Å². The molecule has 0 saturated carbocycles. The van der Waals surface area contributed by atoms with Crippen molar-refractivity contribution in [2.75, 3.05) is 13.1 Å². The van der Waals surface area contributed by atoms with E-state index in [0.717, 1.165) is 24.9 Å². The minimum absolute atomic E-state index is 0.0729. The molecule has 0 bridgehead atoms. The molecule has 0 radical (unpaired) electrons. The van der Waals surface area contributed by atoms with Gasteiger partial charge >= 0.3 is 0 Å². The van der Waals surface area contributed by atoms with E-state index in [2.05, 4.69) is 4.98 Å². The molecule has 116 valence electrons. The molecular weight excluding hydrogens is 278 g/mol. The number of nitrogens with two attached hydrogens (primary N) is 1. The van der Waals surface area contributed by atoms with Crippen molar-refractivity contribution < 1.29 is 9.21 Å². The van der Waals surface area contributed by atoms with Crippen molar-refractivity contribution >= 4 is 5.91 Å². The second-order valence-corrected chi connectivity index (χ2v) is 5.92. The third-order valence-corrected chi connectivity index (χ3v) is 4.23. The SMILES string of the molecule is CC(N)C1CCCN(C(=O)c2coc(-c3ccccc3)n2)C1. The summed E-state index contributed by atoms with van der Waals surface area (Å²) < 4.78 is 5.45. The van der Waals surface area contributed by atoms with Crippen LogP contribution in [0.3, 0.4) is 0 Å². The second-order valence-electron chi connectivity index (χ2n) is 5.92. The van der Waals surface area contributed by atoms with Gasteiger partial charge in [0.15, 0.2) is 5.69 Å². The lowest BCUT2D eigenvalue weighted by atomic mass is 9.92. The predicted molar refractivity (Wildman–Crippen MR) is 84.2 cm³/mol. The molecular formula is C17H21N3O2. The minimum atomic E-state index is -0.0729. The molecule has 1 amide bonds. The average Bonchev–Trinajstić information content (AvgIpc) is 3.05. The minimum Gasteiger partial charge on any atom is -0.444 e. The lowest BCUT2D eigenvalue weighted by Crippen LogP contribution is -2.45. The van der Waals surface area contributed by atoms with E-state index in [1.54, 1.807) is 0 Å². The first-order valence-corrected chi connectivity index (χ1v) is 7.71. The summed E-state index contributed by atoms with van der Waals surface area (Å²) in [7, 11) is 0. The molecule has 2 N–H and O–H groups in total. The Kier molecular flexibility index (Phi) is 4.24. The van der Waals surface area contributed by atoms with Crippen LogP contribution in [0.15, 0.2) is 41.0 Å². The molecule has 5 heteroatoms. The zero-order valence-electron chi connectivity index (χ0n) is 12.7. The molecule has 2 unspecified atom stereocenters. The Morgan fingerprint density at radius 1 is 1.41 bits per heavy atom. The second kappa shape index (κ2) is 6.32. The first-order chi connectivity index (χ1) is 10.6. The van der Waals surface area contributed by atoms with Gasteiger partial charge in [0.05, 0.1) is 0 Å². The standard InChI is InChI=1S/C17H21N3O2/c1-12(18)14-8-5-9-20(10-14)17(21)15-11-22-16(19-15)13-6-3-2-4-7-13/h2-4,6-7,11-12,14H,5,8-10,18H2,1H3. The number of oxazole rings is 1. The maximum atomic E-state index is 12.6. The van der Waals surface area contributed by atoms with Crippen molar-refractivity contribution in [3.05, 3.63) is 42.3 Å². The maximum Gasteiger partial charge on any atom is 0.275 e. The van der Waals surface area contributed by atoms with Gasteiger partial charge < -0.3 is 15.1 Å². The number of nitrogens with zero attached hydrogens (tertiary/aromatic N) is 2. The van der Waals surface area contributed by atoms with Crippen LogP contribution in [0, 0.1) is 5.92 Å². The molecule has 5 nitrogen and oxygen atoms in total. The molecule has 1 fully saturated rings. The van der Waals surface area contributed by atoms with Crippen molar-refractivity contribution in [3.8, 4) is 11.5 Å². The van der Waals surface area contributed by atoms with E-state index < -0.39 is 0 Å². The van der Waals surface area contributed by atoms with E-state index in [0.29, 0.717) is 24.0 Å². The Bertz CT molecular complexity index is 636. The van der Waals surface area contributed by atoms with Gasteiger partial charge in [-0.3, -0.25) is 4.79 Å². The number of aromatic nitrogens is 1. The number of carbonyl (C=O) groups excluding carboxylic acids is 1. The Balaban J connectivity index is 1.74. The number of benzene rings is 1. The lowest BCUT2D eigenvalue weighted by molar-refractivity contribution is 0.0655. The largest absolute Gasteiger partial charge is 0.444 e. The van der Waals surface area contributed by atoms with Crippen LogP contribution >= 0.6 is 0 Å². The normalized spacial score (nSPS) is 19.9. The molecule has 1 aromatic heterocycles. The number of hydrogen-bond acceptors (Lipinski definition) is 4. The van der Waals surface area contributed by atoms with Gasteiger partial charge in [0, 0.05) is 24.7 Å². The van der Waals surface area contributed by atoms with Gasteiger partial charge in [-0.15, -0.1) is 0 Å². The van der Waals surface area contributed by atoms with Crippen LogP contribution in [0.1, 0.15) is 30.3 Å². The highest BCUT2D eigenvalue weighted by molar-refractivity contribution is 5.92. The molecule has 2 heterocycles. The zero-order chi connectivity index (χ0) is 15.5. The van der Waals surface area contributed by atoms with Crippen molar-refractivity contribution in [2.45, 2.75) is 25.8 Å². The molecule has 0 spiro atoms. The summed E-state index contributed by atoms with van der Waals surface area (Å²) in [4.78, 5) is 18.7. The van der Waals surface area contributed by atoms with Crippen LogP contribution in [-0.2, 0) is 0 Å². The van der Waals surface area contributed by atoms with E-state index in [1.807, 2.05) is 42.2 Å². The fourth-order valence-corrected chi connectivity index (χ4v) is 2.87. The molecule has 1 aliphatic heterocycles. The summed E-state index contributed by atoms with van der Waals surface area (Å²) in [6.07, 6.45) is 3.51. The fourth-order valence-electron chi connectivity index (χ4n) is 2.87. The van der Waals surface area contributed by atoms with Gasteiger partial charge in [-0.25, -0.2) is 4.98 Å². The van der Waals surface area contributed by atoms with E-state index in [4.69, 9.17) is 10.2 Å². The van der Waals surface area contributed by atoms with Gasteiger partial charge in [0.2, 0.25) is 5.89 Å². The molecule has 2 atom stereocenters. The highest BCUT2D eigenvalue weighted by Crippen LogP contribution is 2.22. The summed E-state index contributed by atoms with van der Waals surface area (Å²) in [6, 6.07) is 9.69. The summed E-state index contributed by atoms with van der Waals surface area (Å²) in [6.45, 7) is 3.46. The average molecular weight is 299 g/mol. The number of rotatable bonds is 3. The van der Waals surface area contributed by atoms with Crippen molar-refractivity contribution in [2.24, 2.45) is 11.7 Å². The predicted octanol–water partition coefficient (Wildman–Crippen LogP) is 2.54. The van der Waals surface area contributed by atoms with Crippen molar-refractivity contribution in [3.63, 3.8) is 0 Å². The van der Waals surface area contributed by atoms with Gasteiger partial charge in [0.1, 0.15) is 6.26 Å². The maximum absolute atomic E-state index is 12.6. The van der Waals surface area contributed by atoms with Crippen LogP contribution in [0.4, 0.5) is 0 Å². The molecule has 0 aliphatic carbocycles. The monoisotopic (exact) mass is 299 g/mol. The Hall–Kier alpha value is -2.14. The molecule has 1 aliphatic rings. The molecule has 3 rings (SSSR count). The first kappa shape index (κ1) is 14.8. The van der Waals surface area contributed by atoms with Crippen LogP contribution in [0.25, 0.3) is 11.5 Å². The summed E-state index contributed by atoms with van der Waals surface area (Å²) in [5.41, 5.74) is 7.21. The highest BCUT2D eigenvalue weighted by Gasteiger charge is 2.28. The number of hydrogen-bond donors (Lipinski definition) is 1. The van der Waals surface area contributed by atoms with E-state index in [1.165, 1.54) is 6.26 Å². The van der Waals surface area contributed by atoms with Crippen molar-refractivity contribution in [1.82, 2.24) is 9.88 Å². The number of carbonyl (C=O) groups is 1. The fraction of sp³-hybridized carbons (Fsp3) is 0.412. The van der Waals surface area contributed by atoms with E-state index >= 15 is 0 Å². The van der Waals surface area contributed by atoms with Gasteiger partial charge in [-0.05, 0) is 37.8 Å². The third kappa shape index (κ3) is 3.04. The first-order valence-electron chi connectivity index (χ1n) is 7.71. The molecule has 1 saturated heterocycles. The van der Waals surface area contributed by atoms with Gasteiger partial charge in [-0.2, -0.15) is 0 Å². The van der Waals surface area contributed by atoms with Crippen LogP contribution in [0.5, 0.6) is 0 Å². The Morgan fingerprint density at radius 3 is 2.91 bits per heavy atom. The quantitative estimate of drug-likeness (QED) is 0.945. The third-order valence-electron chi connectivity index (χ3n) is 4.23. The lowest BCUT2D eigenvalue weighted by Gasteiger charge is -2.34. The van der Waals surface area contributed by atoms with Gasteiger partial charge in [0.25, 0.3) is 5.91 Å². The topological polar surface area (TPSA) is 72.4 Å². The zero-order valence-corrected chi connectivity index (χ0v) is 12.7. The summed E-state index contributed by atoms with van der Waals surface area (Å²) in [5.74, 6) is 0.763. The van der Waals surface area contributed by atoms with E-state index in [9.17, 15) is 4.79 Å². The number of piperidine rings is 1. The Morgan fingerprint density at radius 2 is 2.18 bits per heavy atom. The summed E-state index contributed by atoms with van der Waals surface area (Å²) >= 11 is 0. The van der Waals surface area contributed by atoms with Crippen LogP contribution in [0.2, 0.25) is 0 Å². The molecule has 1 aromatic carbocycles. The smallest absolute Gasteiger partial charge is 0.275 e. The van der Waals surface area contributed by atoms with Crippen molar-refractivity contribution in [1.29, 1.82) is 0 Å². The highest BCUT2D eigenvalue weighted by atomic mass is 16.3. The number of likely N-dealkylation sites (tertiary alicyclic amines) is 1. The van der Waals surface area contributed by atoms with Gasteiger partial charge in [-0.1, -0.05) is 18.2 Å². The van der Waals surface area contributed by atoms with E-state index in [-0.39, 0.29) is 11.9 Å². The molecule has 2 aromatic rings.